The van der Waals surface area contributed by atoms with Gasteiger partial charge in [0.1, 0.15) is 0 Å². The topological polar surface area (TPSA) is 91.8 Å². The van der Waals surface area contributed by atoms with Crippen molar-refractivity contribution in [1.29, 1.82) is 0 Å². The van der Waals surface area contributed by atoms with E-state index >= 15 is 0 Å². The zero-order chi connectivity index (χ0) is 23.8. The number of para-hydroxylation sites is 1. The Morgan fingerprint density at radius 2 is 1.58 bits per heavy atom. The van der Waals surface area contributed by atoms with Gasteiger partial charge in [-0.15, -0.1) is 0 Å². The van der Waals surface area contributed by atoms with Crippen LogP contribution in [0.3, 0.4) is 0 Å². The average molecular weight is 485 g/mol. The van der Waals surface area contributed by atoms with Crippen LogP contribution in [0, 0.1) is 12.8 Å². The van der Waals surface area contributed by atoms with Crippen molar-refractivity contribution in [2.45, 2.75) is 25.3 Å². The van der Waals surface area contributed by atoms with Gasteiger partial charge in [-0.3, -0.25) is 9.10 Å². The van der Waals surface area contributed by atoms with Crippen LogP contribution < -0.4 is 8.61 Å². The van der Waals surface area contributed by atoms with Gasteiger partial charge in [0.25, 0.3) is 10.0 Å². The van der Waals surface area contributed by atoms with Gasteiger partial charge in [0, 0.05) is 0 Å². The van der Waals surface area contributed by atoms with Crippen LogP contribution in [0.15, 0.2) is 83.8 Å². The number of amides is 1. The van der Waals surface area contributed by atoms with Gasteiger partial charge in [-0.05, 0) is 48.4 Å². The SMILES string of the molecule is Cc1cc(N2C(=O)[C@H](C)CS2(=O)=O)ccc1S(=O)(=O)N(Cc1ccccc1)c1ccccc1. The molecule has 3 aromatic carbocycles. The lowest BCUT2D eigenvalue weighted by molar-refractivity contribution is -0.119. The van der Waals surface area contributed by atoms with Crippen molar-refractivity contribution >= 4 is 37.3 Å². The van der Waals surface area contributed by atoms with Crippen molar-refractivity contribution in [3.8, 4) is 0 Å². The lowest BCUT2D eigenvalue weighted by Crippen LogP contribution is -2.32. The Morgan fingerprint density at radius 1 is 0.970 bits per heavy atom. The van der Waals surface area contributed by atoms with E-state index in [1.807, 2.05) is 36.4 Å². The van der Waals surface area contributed by atoms with Crippen LogP contribution in [0.1, 0.15) is 18.1 Å². The van der Waals surface area contributed by atoms with Crippen molar-refractivity contribution in [3.63, 3.8) is 0 Å². The first kappa shape index (κ1) is 23.0. The summed E-state index contributed by atoms with van der Waals surface area (Å²) in [5, 5.41) is 0. The van der Waals surface area contributed by atoms with E-state index in [9.17, 15) is 21.6 Å². The molecule has 1 aliphatic heterocycles. The van der Waals surface area contributed by atoms with Gasteiger partial charge in [-0.2, -0.15) is 0 Å². The van der Waals surface area contributed by atoms with Gasteiger partial charge in [0.2, 0.25) is 15.9 Å². The predicted molar refractivity (Wildman–Crippen MR) is 128 cm³/mol. The first-order valence-corrected chi connectivity index (χ1v) is 13.5. The number of hydrogen-bond donors (Lipinski definition) is 0. The van der Waals surface area contributed by atoms with Crippen molar-refractivity contribution in [3.05, 3.63) is 90.0 Å². The van der Waals surface area contributed by atoms with Gasteiger partial charge < -0.3 is 0 Å². The van der Waals surface area contributed by atoms with E-state index in [-0.39, 0.29) is 22.9 Å². The molecule has 172 valence electrons. The summed E-state index contributed by atoms with van der Waals surface area (Å²) in [7, 11) is -7.78. The summed E-state index contributed by atoms with van der Waals surface area (Å²) in [6.07, 6.45) is 0. The number of nitrogens with zero attached hydrogens (tertiary/aromatic N) is 2. The van der Waals surface area contributed by atoms with E-state index in [0.717, 1.165) is 9.87 Å². The summed E-state index contributed by atoms with van der Waals surface area (Å²) < 4.78 is 54.5. The molecular weight excluding hydrogens is 460 g/mol. The summed E-state index contributed by atoms with van der Waals surface area (Å²) >= 11 is 0. The first-order chi connectivity index (χ1) is 15.6. The van der Waals surface area contributed by atoms with Crippen molar-refractivity contribution in [2.75, 3.05) is 14.4 Å². The summed E-state index contributed by atoms with van der Waals surface area (Å²) in [6.45, 7) is 3.29. The Labute approximate surface area is 194 Å². The molecule has 0 N–H and O–H groups in total. The van der Waals surface area contributed by atoms with Crippen LogP contribution in [-0.4, -0.2) is 28.5 Å². The lowest BCUT2D eigenvalue weighted by atomic mass is 10.2. The second kappa shape index (κ2) is 8.64. The zero-order valence-corrected chi connectivity index (χ0v) is 19.9. The summed E-state index contributed by atoms with van der Waals surface area (Å²) in [5.74, 6) is -1.41. The second-order valence-electron chi connectivity index (χ2n) is 8.06. The summed E-state index contributed by atoms with van der Waals surface area (Å²) in [5.41, 5.74) is 1.83. The number of anilines is 2. The maximum absolute atomic E-state index is 13.8. The first-order valence-electron chi connectivity index (χ1n) is 10.4. The Morgan fingerprint density at radius 3 is 2.12 bits per heavy atom. The van der Waals surface area contributed by atoms with Crippen molar-refractivity contribution < 1.29 is 21.6 Å². The zero-order valence-electron chi connectivity index (χ0n) is 18.2. The van der Waals surface area contributed by atoms with E-state index in [4.69, 9.17) is 0 Å². The highest BCUT2D eigenvalue weighted by Crippen LogP contribution is 2.33. The molecule has 1 fully saturated rings. The number of benzene rings is 3. The summed E-state index contributed by atoms with van der Waals surface area (Å²) in [4.78, 5) is 12.5. The van der Waals surface area contributed by atoms with Crippen molar-refractivity contribution in [1.82, 2.24) is 0 Å². The minimum atomic E-state index is -4.00. The minimum absolute atomic E-state index is 0.0446. The molecule has 0 spiro atoms. The normalized spacial score (nSPS) is 17.8. The van der Waals surface area contributed by atoms with E-state index < -0.39 is 31.9 Å². The average Bonchev–Trinajstić information content (AvgIpc) is 2.99. The molecule has 3 aromatic rings. The van der Waals surface area contributed by atoms with Gasteiger partial charge in [0.15, 0.2) is 0 Å². The highest BCUT2D eigenvalue weighted by Gasteiger charge is 2.42. The minimum Gasteiger partial charge on any atom is -0.273 e. The van der Waals surface area contributed by atoms with E-state index in [1.165, 1.54) is 22.5 Å². The van der Waals surface area contributed by atoms with Gasteiger partial charge in [-0.1, -0.05) is 55.5 Å². The molecule has 0 radical (unpaired) electrons. The van der Waals surface area contributed by atoms with Crippen LogP contribution in [0.25, 0.3) is 0 Å². The molecule has 33 heavy (non-hydrogen) atoms. The monoisotopic (exact) mass is 484 g/mol. The molecule has 1 saturated heterocycles. The van der Waals surface area contributed by atoms with Gasteiger partial charge >= 0.3 is 0 Å². The van der Waals surface area contributed by atoms with Crippen LogP contribution in [-0.2, 0) is 31.4 Å². The largest absolute Gasteiger partial charge is 0.273 e. The third-order valence-electron chi connectivity index (χ3n) is 5.53. The van der Waals surface area contributed by atoms with Gasteiger partial charge in [-0.25, -0.2) is 21.1 Å². The lowest BCUT2D eigenvalue weighted by Gasteiger charge is -2.26. The van der Waals surface area contributed by atoms with Crippen LogP contribution in [0.4, 0.5) is 11.4 Å². The predicted octanol–water partition coefficient (Wildman–Crippen LogP) is 3.70. The standard InChI is InChI=1S/C24H24N2O5S2/c1-18-15-22(26-24(27)19(2)17-32(26,28)29)13-14-23(18)33(30,31)25(21-11-7-4-8-12-21)16-20-9-5-3-6-10-20/h3-15,19H,16-17H2,1-2H3/t19-/m1/s1. The number of rotatable bonds is 6. The Hall–Kier alpha value is -3.17. The molecule has 1 aliphatic rings. The second-order valence-corrected chi connectivity index (χ2v) is 11.8. The van der Waals surface area contributed by atoms with E-state index in [0.29, 0.717) is 11.3 Å². The quantitative estimate of drug-likeness (QED) is 0.532. The highest BCUT2D eigenvalue weighted by atomic mass is 32.2. The Kier molecular flexibility index (Phi) is 6.02. The Balaban J connectivity index is 1.76. The van der Waals surface area contributed by atoms with Crippen LogP contribution in [0.5, 0.6) is 0 Å². The molecule has 9 heteroatoms. The summed E-state index contributed by atoms with van der Waals surface area (Å²) in [6, 6.07) is 22.2. The van der Waals surface area contributed by atoms with Crippen molar-refractivity contribution in [2.24, 2.45) is 5.92 Å². The molecule has 1 amide bonds. The molecule has 0 saturated carbocycles. The fraction of sp³-hybridized carbons (Fsp3) is 0.208. The smallest absolute Gasteiger partial charge is 0.264 e. The third-order valence-corrected chi connectivity index (χ3v) is 9.34. The molecular formula is C24H24N2O5S2. The van der Waals surface area contributed by atoms with Crippen LogP contribution in [0.2, 0.25) is 0 Å². The molecule has 0 aliphatic carbocycles. The van der Waals surface area contributed by atoms with Gasteiger partial charge in [0.05, 0.1) is 34.5 Å². The molecule has 0 bridgehead atoms. The fourth-order valence-corrected chi connectivity index (χ4v) is 7.39. The third kappa shape index (κ3) is 4.38. The molecule has 0 aromatic heterocycles. The van der Waals surface area contributed by atoms with E-state index in [2.05, 4.69) is 0 Å². The number of aryl methyl sites for hydroxylation is 1. The highest BCUT2D eigenvalue weighted by molar-refractivity contribution is 7.94. The molecule has 1 heterocycles. The van der Waals surface area contributed by atoms with E-state index in [1.54, 1.807) is 38.1 Å². The number of carbonyl (C=O) groups excluding carboxylic acids is 1. The number of carbonyl (C=O) groups is 1. The fourth-order valence-electron chi connectivity index (χ4n) is 3.91. The Bertz CT molecular complexity index is 1390. The molecule has 1 atom stereocenters. The maximum atomic E-state index is 13.8. The number of sulfonamides is 2. The molecule has 4 rings (SSSR count). The van der Waals surface area contributed by atoms with Crippen LogP contribution >= 0.6 is 0 Å². The number of hydrogen-bond acceptors (Lipinski definition) is 5. The molecule has 7 nitrogen and oxygen atoms in total. The molecule has 0 unspecified atom stereocenters. The maximum Gasteiger partial charge on any atom is 0.264 e.